The second kappa shape index (κ2) is 8.58. The average Bonchev–Trinajstić information content (AvgIpc) is 2.55. The first-order chi connectivity index (χ1) is 11.2. The molecule has 5 nitrogen and oxygen atoms in total. The molecule has 0 aromatic heterocycles. The predicted octanol–water partition coefficient (Wildman–Crippen LogP) is 3.50. The highest BCUT2D eigenvalue weighted by molar-refractivity contribution is 6.23. The Morgan fingerprint density at radius 3 is 2.52 bits per heavy atom. The Bertz CT molecular complexity index is 682. The van der Waals surface area contributed by atoms with Crippen LogP contribution in [-0.4, -0.2) is 18.8 Å². The van der Waals surface area contributed by atoms with E-state index in [1.807, 2.05) is 43.3 Å². The van der Waals surface area contributed by atoms with Crippen molar-refractivity contribution >= 4 is 12.2 Å². The Labute approximate surface area is 135 Å². The minimum absolute atomic E-state index is 0.302. The van der Waals surface area contributed by atoms with Crippen LogP contribution in [0.15, 0.2) is 53.7 Å². The number of benzene rings is 2. The fraction of sp³-hybridized carbons (Fsp3) is 0.222. The summed E-state index contributed by atoms with van der Waals surface area (Å²) < 4.78 is 11.1. The van der Waals surface area contributed by atoms with Crippen molar-refractivity contribution in [3.8, 4) is 11.5 Å². The lowest BCUT2D eigenvalue weighted by molar-refractivity contribution is -0.126. The largest absolute Gasteiger partial charge is 0.488 e. The van der Waals surface area contributed by atoms with Crippen molar-refractivity contribution in [1.82, 2.24) is 0 Å². The van der Waals surface area contributed by atoms with Gasteiger partial charge in [0.15, 0.2) is 6.21 Å². The summed E-state index contributed by atoms with van der Waals surface area (Å²) in [6.45, 7) is 4.45. The van der Waals surface area contributed by atoms with Crippen LogP contribution in [0, 0.1) is 6.92 Å². The first-order valence-corrected chi connectivity index (χ1v) is 7.34. The van der Waals surface area contributed by atoms with Gasteiger partial charge in [0.2, 0.25) is 0 Å². The van der Waals surface area contributed by atoms with Crippen LogP contribution in [-0.2, 0) is 16.2 Å². The Kier molecular flexibility index (Phi) is 6.17. The first kappa shape index (κ1) is 16.5. The maximum Gasteiger partial charge on any atom is 0.358 e. The Morgan fingerprint density at radius 2 is 1.78 bits per heavy atom. The third kappa shape index (κ3) is 5.14. The zero-order valence-corrected chi connectivity index (χ0v) is 13.2. The summed E-state index contributed by atoms with van der Waals surface area (Å²) in [6, 6.07) is 15.0. The SMILES string of the molecule is CCON=CC(=O)Oc1ccccc1COc1ccccc1C. The summed E-state index contributed by atoms with van der Waals surface area (Å²) >= 11 is 0. The third-order valence-electron chi connectivity index (χ3n) is 3.02. The lowest BCUT2D eigenvalue weighted by Gasteiger charge is -2.11. The number of aryl methyl sites for hydroxylation is 1. The van der Waals surface area contributed by atoms with Gasteiger partial charge in [0.25, 0.3) is 0 Å². The number of carbonyl (C=O) groups is 1. The highest BCUT2D eigenvalue weighted by atomic mass is 16.6. The van der Waals surface area contributed by atoms with Crippen LogP contribution < -0.4 is 9.47 Å². The smallest absolute Gasteiger partial charge is 0.358 e. The van der Waals surface area contributed by atoms with E-state index < -0.39 is 5.97 Å². The molecule has 0 spiro atoms. The van der Waals surface area contributed by atoms with Gasteiger partial charge in [-0.15, -0.1) is 0 Å². The van der Waals surface area contributed by atoms with Gasteiger partial charge in [0, 0.05) is 5.56 Å². The first-order valence-electron chi connectivity index (χ1n) is 7.34. The molecule has 0 N–H and O–H groups in total. The molecule has 23 heavy (non-hydrogen) atoms. The normalized spacial score (nSPS) is 10.5. The van der Waals surface area contributed by atoms with Crippen LogP contribution in [0.3, 0.4) is 0 Å². The summed E-state index contributed by atoms with van der Waals surface area (Å²) in [4.78, 5) is 16.4. The molecule has 2 aromatic rings. The van der Waals surface area contributed by atoms with Gasteiger partial charge in [-0.3, -0.25) is 0 Å². The van der Waals surface area contributed by atoms with Crippen molar-refractivity contribution in [1.29, 1.82) is 0 Å². The molecule has 0 atom stereocenters. The number of hydrogen-bond acceptors (Lipinski definition) is 5. The number of esters is 1. The predicted molar refractivity (Wildman–Crippen MR) is 87.7 cm³/mol. The van der Waals surface area contributed by atoms with Gasteiger partial charge in [-0.1, -0.05) is 41.6 Å². The van der Waals surface area contributed by atoms with Gasteiger partial charge >= 0.3 is 5.97 Å². The molecule has 2 rings (SSSR count). The van der Waals surface area contributed by atoms with Crippen molar-refractivity contribution in [2.24, 2.45) is 5.16 Å². The van der Waals surface area contributed by atoms with Crippen molar-refractivity contribution < 1.29 is 19.1 Å². The molecule has 0 aliphatic carbocycles. The maximum absolute atomic E-state index is 11.7. The second-order valence-corrected chi connectivity index (χ2v) is 4.74. The summed E-state index contributed by atoms with van der Waals surface area (Å²) in [7, 11) is 0. The lowest BCUT2D eigenvalue weighted by atomic mass is 10.2. The summed E-state index contributed by atoms with van der Waals surface area (Å²) in [5.41, 5.74) is 1.82. The topological polar surface area (TPSA) is 57.1 Å². The third-order valence-corrected chi connectivity index (χ3v) is 3.02. The van der Waals surface area contributed by atoms with Crippen LogP contribution in [0.25, 0.3) is 0 Å². The molecule has 0 saturated carbocycles. The van der Waals surface area contributed by atoms with Crippen molar-refractivity contribution in [3.63, 3.8) is 0 Å². The Morgan fingerprint density at radius 1 is 1.09 bits per heavy atom. The number of nitrogens with zero attached hydrogens (tertiary/aromatic N) is 1. The summed E-state index contributed by atoms with van der Waals surface area (Å²) in [6.07, 6.45) is 1.00. The van der Waals surface area contributed by atoms with Gasteiger partial charge in [0.1, 0.15) is 24.7 Å². The molecule has 0 amide bonds. The molecule has 5 heteroatoms. The fourth-order valence-electron chi connectivity index (χ4n) is 1.89. The Hall–Kier alpha value is -2.82. The number of oxime groups is 1. The zero-order chi connectivity index (χ0) is 16.5. The molecule has 120 valence electrons. The van der Waals surface area contributed by atoms with E-state index in [1.54, 1.807) is 19.1 Å². The van der Waals surface area contributed by atoms with Crippen LogP contribution in [0.5, 0.6) is 11.5 Å². The number of para-hydroxylation sites is 2. The molecule has 0 fully saturated rings. The number of ether oxygens (including phenoxy) is 2. The highest BCUT2D eigenvalue weighted by Gasteiger charge is 2.08. The average molecular weight is 313 g/mol. The molecular formula is C18H19NO4. The quantitative estimate of drug-likeness (QED) is 0.340. The molecule has 0 heterocycles. The molecular weight excluding hydrogens is 294 g/mol. The number of hydrogen-bond donors (Lipinski definition) is 0. The van der Waals surface area contributed by atoms with E-state index in [0.29, 0.717) is 19.0 Å². The van der Waals surface area contributed by atoms with Crippen LogP contribution in [0.4, 0.5) is 0 Å². The van der Waals surface area contributed by atoms with E-state index in [4.69, 9.17) is 14.3 Å². The van der Waals surface area contributed by atoms with E-state index in [0.717, 1.165) is 23.1 Å². The molecule has 0 aliphatic heterocycles. The summed E-state index contributed by atoms with van der Waals surface area (Å²) in [5, 5.41) is 3.49. The van der Waals surface area contributed by atoms with Crippen LogP contribution >= 0.6 is 0 Å². The molecule has 0 radical (unpaired) electrons. The van der Waals surface area contributed by atoms with Gasteiger partial charge in [0.05, 0.1) is 0 Å². The minimum Gasteiger partial charge on any atom is -0.488 e. The van der Waals surface area contributed by atoms with E-state index in [1.165, 1.54) is 0 Å². The maximum atomic E-state index is 11.7. The molecule has 0 unspecified atom stereocenters. The second-order valence-electron chi connectivity index (χ2n) is 4.74. The molecule has 2 aromatic carbocycles. The standard InChI is InChI=1S/C18H19NO4/c1-3-22-19-12-18(20)23-17-11-7-5-9-15(17)13-21-16-10-6-4-8-14(16)2/h4-12H,3,13H2,1-2H3. The van der Waals surface area contributed by atoms with Crippen molar-refractivity contribution in [2.75, 3.05) is 6.61 Å². The monoisotopic (exact) mass is 313 g/mol. The molecule has 0 saturated heterocycles. The van der Waals surface area contributed by atoms with E-state index in [2.05, 4.69) is 5.16 Å². The van der Waals surface area contributed by atoms with Gasteiger partial charge in [-0.05, 0) is 31.5 Å². The van der Waals surface area contributed by atoms with Gasteiger partial charge in [-0.2, -0.15) is 0 Å². The zero-order valence-electron chi connectivity index (χ0n) is 13.2. The van der Waals surface area contributed by atoms with Crippen molar-refractivity contribution in [2.45, 2.75) is 20.5 Å². The van der Waals surface area contributed by atoms with Crippen LogP contribution in [0.2, 0.25) is 0 Å². The Balaban J connectivity index is 2.03. The van der Waals surface area contributed by atoms with E-state index in [-0.39, 0.29) is 0 Å². The van der Waals surface area contributed by atoms with E-state index >= 15 is 0 Å². The highest BCUT2D eigenvalue weighted by Crippen LogP contribution is 2.22. The summed E-state index contributed by atoms with van der Waals surface area (Å²) in [5.74, 6) is 0.641. The fourth-order valence-corrected chi connectivity index (χ4v) is 1.89. The molecule has 0 aliphatic rings. The number of rotatable bonds is 7. The lowest BCUT2D eigenvalue weighted by Crippen LogP contribution is -2.11. The molecule has 0 bridgehead atoms. The van der Waals surface area contributed by atoms with Gasteiger partial charge < -0.3 is 14.3 Å². The minimum atomic E-state index is -0.596. The van der Waals surface area contributed by atoms with Crippen LogP contribution in [0.1, 0.15) is 18.1 Å². The van der Waals surface area contributed by atoms with Crippen molar-refractivity contribution in [3.05, 3.63) is 59.7 Å². The number of carbonyl (C=O) groups excluding carboxylic acids is 1. The van der Waals surface area contributed by atoms with Gasteiger partial charge in [-0.25, -0.2) is 4.79 Å². The van der Waals surface area contributed by atoms with E-state index in [9.17, 15) is 4.79 Å².